The predicted octanol–water partition coefficient (Wildman–Crippen LogP) is 1.73. The first-order valence-corrected chi connectivity index (χ1v) is 6.43. The van der Waals surface area contributed by atoms with Crippen LogP contribution < -0.4 is 5.32 Å². The van der Waals surface area contributed by atoms with Gasteiger partial charge in [0, 0.05) is 13.1 Å². The van der Waals surface area contributed by atoms with Crippen LogP contribution in [0.1, 0.15) is 45.4 Å². The van der Waals surface area contributed by atoms with Crippen molar-refractivity contribution < 1.29 is 5.11 Å². The summed E-state index contributed by atoms with van der Waals surface area (Å²) in [6, 6.07) is 0. The molecule has 0 bridgehead atoms. The predicted molar refractivity (Wildman–Crippen MR) is 68.2 cm³/mol. The lowest BCUT2D eigenvalue weighted by Gasteiger charge is -2.25. The molecule has 1 atom stereocenters. The quantitative estimate of drug-likeness (QED) is 0.420. The average molecular weight is 231 g/mol. The highest BCUT2D eigenvalue weighted by Crippen LogP contribution is 2.03. The minimum absolute atomic E-state index is 0.184. The number of aliphatic hydroxyl groups excluding tert-OH is 1. The van der Waals surface area contributed by atoms with Gasteiger partial charge in [0.05, 0.1) is 6.10 Å². The van der Waals surface area contributed by atoms with E-state index in [1.807, 2.05) is 0 Å². The van der Waals surface area contributed by atoms with Crippen LogP contribution in [-0.2, 0) is 0 Å². The Labute approximate surface area is 99.6 Å². The van der Waals surface area contributed by atoms with Gasteiger partial charge in [0.2, 0.25) is 0 Å². The topological polar surface area (TPSA) is 58.6 Å². The van der Waals surface area contributed by atoms with E-state index in [1.165, 1.54) is 39.2 Å². The molecule has 98 valence electrons. The molecule has 0 saturated carbocycles. The zero-order chi connectivity index (χ0) is 12.2. The van der Waals surface area contributed by atoms with Crippen LogP contribution in [0.5, 0.6) is 0 Å². The van der Waals surface area contributed by atoms with Gasteiger partial charge in [0.25, 0.3) is 0 Å². The van der Waals surface area contributed by atoms with E-state index in [1.54, 1.807) is 0 Å². The van der Waals surface area contributed by atoms with Crippen LogP contribution in [-0.4, -0.2) is 43.0 Å². The lowest BCUT2D eigenvalue weighted by Crippen LogP contribution is -2.34. The molecule has 4 heteroatoms. The third kappa shape index (κ3) is 11.9. The number of nitrogens with zero attached hydrogens (tertiary/aromatic N) is 1. The molecule has 0 saturated heterocycles. The molecular formula is C12H27N2O2-. The van der Waals surface area contributed by atoms with Crippen molar-refractivity contribution in [2.24, 2.45) is 0 Å². The van der Waals surface area contributed by atoms with E-state index in [0.717, 1.165) is 18.0 Å². The summed E-state index contributed by atoms with van der Waals surface area (Å²) >= 11 is 0. The summed E-state index contributed by atoms with van der Waals surface area (Å²) in [6.07, 6.45) is 7.12. The van der Waals surface area contributed by atoms with Crippen molar-refractivity contribution in [1.29, 1.82) is 0 Å². The molecule has 0 spiro atoms. The lowest BCUT2D eigenvalue weighted by molar-refractivity contribution is 0.141. The van der Waals surface area contributed by atoms with Gasteiger partial charge in [0.15, 0.2) is 0 Å². The Morgan fingerprint density at radius 1 is 1.19 bits per heavy atom. The third-order valence-electron chi connectivity index (χ3n) is 2.55. The van der Waals surface area contributed by atoms with E-state index in [2.05, 4.69) is 12.2 Å². The van der Waals surface area contributed by atoms with Crippen molar-refractivity contribution in [3.05, 3.63) is 5.21 Å². The zero-order valence-corrected chi connectivity index (χ0v) is 10.7. The molecule has 0 aliphatic carbocycles. The maximum absolute atomic E-state index is 10.6. The van der Waals surface area contributed by atoms with E-state index in [0.29, 0.717) is 6.54 Å². The summed E-state index contributed by atoms with van der Waals surface area (Å²) in [4.78, 5) is 0. The molecule has 0 heterocycles. The number of hydrogen-bond donors (Lipinski definition) is 2. The minimum Gasteiger partial charge on any atom is -0.785 e. The van der Waals surface area contributed by atoms with Gasteiger partial charge in [-0.1, -0.05) is 39.0 Å². The molecule has 0 amide bonds. The summed E-state index contributed by atoms with van der Waals surface area (Å²) in [7, 11) is 1.43. The first-order chi connectivity index (χ1) is 7.66. The Kier molecular flexibility index (Phi) is 11.2. The van der Waals surface area contributed by atoms with Gasteiger partial charge in [-0.05, 0) is 20.0 Å². The average Bonchev–Trinajstić information content (AvgIpc) is 2.21. The molecular weight excluding hydrogens is 204 g/mol. The van der Waals surface area contributed by atoms with Crippen molar-refractivity contribution in [3.63, 3.8) is 0 Å². The minimum atomic E-state index is -0.553. The van der Waals surface area contributed by atoms with Crippen LogP contribution in [0.25, 0.3) is 0 Å². The highest BCUT2D eigenvalue weighted by Gasteiger charge is 2.01. The molecule has 4 nitrogen and oxygen atoms in total. The van der Waals surface area contributed by atoms with E-state index < -0.39 is 6.10 Å². The van der Waals surface area contributed by atoms with Crippen molar-refractivity contribution in [2.75, 3.05) is 26.7 Å². The Balaban J connectivity index is 3.08. The first-order valence-electron chi connectivity index (χ1n) is 6.43. The molecule has 16 heavy (non-hydrogen) atoms. The number of nitrogens with one attached hydrogen (secondary N) is 1. The van der Waals surface area contributed by atoms with Gasteiger partial charge in [-0.15, -0.1) is 0 Å². The monoisotopic (exact) mass is 231 g/mol. The van der Waals surface area contributed by atoms with Crippen molar-refractivity contribution in [2.45, 2.75) is 51.6 Å². The summed E-state index contributed by atoms with van der Waals surface area (Å²) < 4.78 is 0. The normalized spacial score (nSPS) is 13.3. The highest BCUT2D eigenvalue weighted by molar-refractivity contribution is 4.64. The molecule has 0 aromatic rings. The zero-order valence-electron chi connectivity index (χ0n) is 10.7. The Morgan fingerprint density at radius 3 is 2.44 bits per heavy atom. The molecule has 0 aliphatic heterocycles. The van der Waals surface area contributed by atoms with Crippen LogP contribution in [0.2, 0.25) is 0 Å². The number of hydroxylamine groups is 2. The molecule has 2 N–H and O–H groups in total. The standard InChI is InChI=1S/C12H27N2O2/c1-3-4-5-6-7-8-9-13-10-12(15)11-14(2)16/h12-13,15H,3-11H2,1-2H3/q-1. The molecule has 0 radical (unpaired) electrons. The number of likely N-dealkylation sites (N-methyl/N-ethyl adjacent to an activating group) is 1. The number of aliphatic hydroxyl groups is 1. The number of rotatable bonds is 11. The Morgan fingerprint density at radius 2 is 1.81 bits per heavy atom. The van der Waals surface area contributed by atoms with Gasteiger partial charge < -0.3 is 20.7 Å². The largest absolute Gasteiger partial charge is 0.785 e. The van der Waals surface area contributed by atoms with E-state index in [-0.39, 0.29) is 6.54 Å². The second-order valence-corrected chi connectivity index (χ2v) is 4.44. The summed E-state index contributed by atoms with van der Waals surface area (Å²) in [6.45, 7) is 3.85. The molecule has 0 aliphatic rings. The second-order valence-electron chi connectivity index (χ2n) is 4.44. The van der Waals surface area contributed by atoms with E-state index in [4.69, 9.17) is 0 Å². The van der Waals surface area contributed by atoms with E-state index in [9.17, 15) is 10.3 Å². The summed E-state index contributed by atoms with van der Waals surface area (Å²) in [5.74, 6) is 0. The highest BCUT2D eigenvalue weighted by atomic mass is 16.5. The Bertz CT molecular complexity index is 143. The Hall–Kier alpha value is -0.160. The van der Waals surface area contributed by atoms with Crippen LogP contribution in [0.4, 0.5) is 0 Å². The fourth-order valence-electron chi connectivity index (χ4n) is 1.66. The van der Waals surface area contributed by atoms with Crippen LogP contribution in [0.3, 0.4) is 0 Å². The maximum atomic E-state index is 10.6. The smallest absolute Gasteiger partial charge is 0.0781 e. The number of unbranched alkanes of at least 4 members (excludes halogenated alkanes) is 5. The fourth-order valence-corrected chi connectivity index (χ4v) is 1.66. The second kappa shape index (κ2) is 11.3. The third-order valence-corrected chi connectivity index (χ3v) is 2.55. The molecule has 1 unspecified atom stereocenters. The lowest BCUT2D eigenvalue weighted by atomic mass is 10.1. The van der Waals surface area contributed by atoms with Crippen molar-refractivity contribution in [3.8, 4) is 0 Å². The van der Waals surface area contributed by atoms with Crippen LogP contribution in [0.15, 0.2) is 0 Å². The van der Waals surface area contributed by atoms with Crippen LogP contribution >= 0.6 is 0 Å². The van der Waals surface area contributed by atoms with Gasteiger partial charge >= 0.3 is 0 Å². The van der Waals surface area contributed by atoms with E-state index >= 15 is 0 Å². The van der Waals surface area contributed by atoms with Gasteiger partial charge in [0.1, 0.15) is 0 Å². The molecule has 0 aromatic heterocycles. The van der Waals surface area contributed by atoms with Gasteiger partial charge in [-0.2, -0.15) is 0 Å². The maximum Gasteiger partial charge on any atom is 0.0781 e. The van der Waals surface area contributed by atoms with Crippen LogP contribution in [0, 0.1) is 5.21 Å². The summed E-state index contributed by atoms with van der Waals surface area (Å²) in [5.41, 5.74) is 0. The molecule has 0 aromatic carbocycles. The van der Waals surface area contributed by atoms with Crippen molar-refractivity contribution >= 4 is 0 Å². The first kappa shape index (κ1) is 15.8. The van der Waals surface area contributed by atoms with Crippen molar-refractivity contribution in [1.82, 2.24) is 10.4 Å². The van der Waals surface area contributed by atoms with Gasteiger partial charge in [-0.25, -0.2) is 0 Å². The summed E-state index contributed by atoms with van der Waals surface area (Å²) in [5, 5.41) is 23.9. The fraction of sp³-hybridized carbons (Fsp3) is 1.00. The van der Waals surface area contributed by atoms with Gasteiger partial charge in [-0.3, -0.25) is 0 Å². The molecule has 0 rings (SSSR count). The number of hydrogen-bond acceptors (Lipinski definition) is 4. The molecule has 0 fully saturated rings. The SMILES string of the molecule is CCCCCCCCNCC(O)CN(C)[O-].